The van der Waals surface area contributed by atoms with Crippen molar-refractivity contribution in [2.24, 2.45) is 12.0 Å². The minimum Gasteiger partial charge on any atom is -0.493 e. The molecule has 1 aliphatic rings. The van der Waals surface area contributed by atoms with Crippen LogP contribution in [0.4, 0.5) is 0 Å². The van der Waals surface area contributed by atoms with Gasteiger partial charge in [-0.05, 0) is 43.8 Å². The van der Waals surface area contributed by atoms with Gasteiger partial charge in [-0.2, -0.15) is 5.10 Å². The highest BCUT2D eigenvalue weighted by atomic mass is 127. The lowest BCUT2D eigenvalue weighted by molar-refractivity contribution is 0.293. The van der Waals surface area contributed by atoms with E-state index in [4.69, 9.17) is 9.47 Å². The molecular weight excluding hydrogens is 507 g/mol. The molecule has 2 unspecified atom stereocenters. The number of hydrogen-bond acceptors (Lipinski definition) is 5. The van der Waals surface area contributed by atoms with Crippen LogP contribution in [0.25, 0.3) is 0 Å². The lowest BCUT2D eigenvalue weighted by atomic mass is 10.0. The summed E-state index contributed by atoms with van der Waals surface area (Å²) < 4.78 is 12.7. The highest BCUT2D eigenvalue weighted by molar-refractivity contribution is 14.0. The van der Waals surface area contributed by atoms with E-state index in [9.17, 15) is 0 Å². The number of nitrogens with one attached hydrogen (secondary N) is 1. The molecule has 1 N–H and O–H groups in total. The Morgan fingerprint density at radius 1 is 1.29 bits per heavy atom. The van der Waals surface area contributed by atoms with Crippen LogP contribution in [-0.4, -0.2) is 80.5 Å². The number of hydrogen-bond donors (Lipinski definition) is 1. The van der Waals surface area contributed by atoms with Gasteiger partial charge in [-0.1, -0.05) is 6.07 Å². The van der Waals surface area contributed by atoms with Crippen molar-refractivity contribution in [3.8, 4) is 11.5 Å². The summed E-state index contributed by atoms with van der Waals surface area (Å²) in [6.07, 6.45) is 5.20. The fourth-order valence-electron chi connectivity index (χ4n) is 4.05. The Balaban J connectivity index is 0.00000341. The largest absolute Gasteiger partial charge is 0.493 e. The minimum atomic E-state index is 0. The van der Waals surface area contributed by atoms with Crippen molar-refractivity contribution < 1.29 is 9.47 Å². The van der Waals surface area contributed by atoms with Gasteiger partial charge in [0.2, 0.25) is 0 Å². The third-order valence-electron chi connectivity index (χ3n) is 5.77. The van der Waals surface area contributed by atoms with Crippen molar-refractivity contribution in [2.75, 3.05) is 55.0 Å². The van der Waals surface area contributed by atoms with E-state index in [1.807, 2.05) is 37.1 Å². The predicted octanol–water partition coefficient (Wildman–Crippen LogP) is 2.72. The molecule has 1 saturated heterocycles. The van der Waals surface area contributed by atoms with Crippen LogP contribution in [0.5, 0.6) is 11.5 Å². The highest BCUT2D eigenvalue weighted by Crippen LogP contribution is 2.31. The molecule has 0 spiro atoms. The topological polar surface area (TPSA) is 67.2 Å². The lowest BCUT2D eigenvalue weighted by Crippen LogP contribution is -2.43. The molecule has 1 aliphatic heterocycles. The number of likely N-dealkylation sites (tertiary alicyclic amines) is 1. The summed E-state index contributed by atoms with van der Waals surface area (Å²) >= 11 is 0. The SMILES string of the molecule is CN=C(NCC(c1ccc(OC)c(OC)c1)N(C)C)N1CCC(c2cnn(C)c2)C1.I. The summed E-state index contributed by atoms with van der Waals surface area (Å²) in [6.45, 7) is 2.68. The van der Waals surface area contributed by atoms with Crippen LogP contribution in [0, 0.1) is 0 Å². The van der Waals surface area contributed by atoms with Crippen LogP contribution in [0.2, 0.25) is 0 Å². The molecule has 1 aromatic heterocycles. The van der Waals surface area contributed by atoms with E-state index in [0.717, 1.165) is 49.1 Å². The molecule has 172 valence electrons. The van der Waals surface area contributed by atoms with E-state index in [1.54, 1.807) is 14.2 Å². The molecule has 31 heavy (non-hydrogen) atoms. The van der Waals surface area contributed by atoms with E-state index >= 15 is 0 Å². The molecule has 8 nitrogen and oxygen atoms in total. The number of aliphatic imine (C=N–C) groups is 1. The Hall–Kier alpha value is -2.01. The van der Waals surface area contributed by atoms with Gasteiger partial charge in [-0.25, -0.2) is 0 Å². The molecule has 0 amide bonds. The van der Waals surface area contributed by atoms with Gasteiger partial charge in [0.15, 0.2) is 17.5 Å². The van der Waals surface area contributed by atoms with Crippen LogP contribution in [0.1, 0.15) is 29.5 Å². The Bertz CT molecular complexity index is 869. The summed E-state index contributed by atoms with van der Waals surface area (Å²) in [5, 5.41) is 7.89. The number of aromatic nitrogens is 2. The number of methoxy groups -OCH3 is 2. The van der Waals surface area contributed by atoms with Crippen molar-refractivity contribution in [2.45, 2.75) is 18.4 Å². The highest BCUT2D eigenvalue weighted by Gasteiger charge is 2.27. The summed E-state index contributed by atoms with van der Waals surface area (Å²) in [7, 11) is 11.3. The summed E-state index contributed by atoms with van der Waals surface area (Å²) in [6, 6.07) is 6.25. The molecule has 2 atom stereocenters. The molecule has 1 fully saturated rings. The fourth-order valence-corrected chi connectivity index (χ4v) is 4.05. The van der Waals surface area contributed by atoms with Crippen molar-refractivity contribution in [1.29, 1.82) is 0 Å². The average molecular weight is 542 g/mol. The maximum Gasteiger partial charge on any atom is 0.193 e. The van der Waals surface area contributed by atoms with Crippen LogP contribution >= 0.6 is 24.0 Å². The molecule has 0 aliphatic carbocycles. The van der Waals surface area contributed by atoms with Crippen molar-refractivity contribution >= 4 is 29.9 Å². The minimum absolute atomic E-state index is 0. The Kier molecular flexibility index (Phi) is 9.42. The second-order valence-corrected chi connectivity index (χ2v) is 7.90. The van der Waals surface area contributed by atoms with Crippen molar-refractivity contribution in [1.82, 2.24) is 24.9 Å². The first-order chi connectivity index (χ1) is 14.5. The molecular formula is C22H35IN6O2. The molecule has 0 radical (unpaired) electrons. The molecule has 3 rings (SSSR count). The van der Waals surface area contributed by atoms with Gasteiger partial charge < -0.3 is 24.6 Å². The zero-order valence-corrected chi connectivity index (χ0v) is 21.7. The van der Waals surface area contributed by atoms with Gasteiger partial charge in [0.25, 0.3) is 0 Å². The number of likely N-dealkylation sites (N-methyl/N-ethyl adjacent to an activating group) is 1. The number of halogens is 1. The maximum atomic E-state index is 5.49. The third kappa shape index (κ3) is 6.03. The van der Waals surface area contributed by atoms with E-state index < -0.39 is 0 Å². The second-order valence-electron chi connectivity index (χ2n) is 7.90. The Morgan fingerprint density at radius 2 is 2.03 bits per heavy atom. The van der Waals surface area contributed by atoms with Gasteiger partial charge in [0, 0.05) is 45.8 Å². The zero-order chi connectivity index (χ0) is 21.7. The Labute approximate surface area is 202 Å². The average Bonchev–Trinajstić information content (AvgIpc) is 3.39. The number of benzene rings is 1. The standard InChI is InChI=1S/C22H34N6O2.HI/c1-23-22(28-10-9-17(15-28)18-12-25-27(4)14-18)24-13-19(26(2)3)16-7-8-20(29-5)21(11-16)30-6;/h7-8,11-12,14,17,19H,9-10,13,15H2,1-6H3,(H,23,24);1H. The van der Waals surface area contributed by atoms with Crippen LogP contribution in [0.3, 0.4) is 0 Å². The first-order valence-electron chi connectivity index (χ1n) is 10.3. The van der Waals surface area contributed by atoms with Crippen LogP contribution in [0.15, 0.2) is 35.6 Å². The monoisotopic (exact) mass is 542 g/mol. The van der Waals surface area contributed by atoms with Crippen molar-refractivity contribution in [3.63, 3.8) is 0 Å². The van der Waals surface area contributed by atoms with Gasteiger partial charge in [-0.15, -0.1) is 24.0 Å². The molecule has 1 aromatic carbocycles. The molecule has 9 heteroatoms. The van der Waals surface area contributed by atoms with Gasteiger partial charge in [-0.3, -0.25) is 9.67 Å². The summed E-state index contributed by atoms with van der Waals surface area (Å²) in [5.41, 5.74) is 2.46. The normalized spacial score (nSPS) is 17.5. The van der Waals surface area contributed by atoms with Crippen LogP contribution < -0.4 is 14.8 Å². The summed E-state index contributed by atoms with van der Waals surface area (Å²) in [4.78, 5) is 9.07. The quantitative estimate of drug-likeness (QED) is 0.330. The van der Waals surface area contributed by atoms with Gasteiger partial charge in [0.05, 0.1) is 26.5 Å². The number of guanidine groups is 1. The zero-order valence-electron chi connectivity index (χ0n) is 19.3. The number of ether oxygens (including phenoxy) is 2. The second kappa shape index (κ2) is 11.6. The Morgan fingerprint density at radius 3 is 2.61 bits per heavy atom. The van der Waals surface area contributed by atoms with E-state index in [0.29, 0.717) is 5.92 Å². The molecule has 0 saturated carbocycles. The third-order valence-corrected chi connectivity index (χ3v) is 5.77. The first-order valence-corrected chi connectivity index (χ1v) is 10.3. The number of aryl methyl sites for hydroxylation is 1. The van der Waals surface area contributed by atoms with E-state index in [-0.39, 0.29) is 30.0 Å². The molecule has 0 bridgehead atoms. The smallest absolute Gasteiger partial charge is 0.193 e. The fraction of sp³-hybridized carbons (Fsp3) is 0.545. The predicted molar refractivity (Wildman–Crippen MR) is 135 cm³/mol. The summed E-state index contributed by atoms with van der Waals surface area (Å²) in [5.74, 6) is 2.91. The van der Waals surface area contributed by atoms with E-state index in [2.05, 4.69) is 51.6 Å². The van der Waals surface area contributed by atoms with Gasteiger partial charge >= 0.3 is 0 Å². The molecule has 2 heterocycles. The number of nitrogens with zero attached hydrogens (tertiary/aromatic N) is 5. The lowest BCUT2D eigenvalue weighted by Gasteiger charge is -2.28. The number of rotatable bonds is 7. The maximum absolute atomic E-state index is 5.49. The van der Waals surface area contributed by atoms with Crippen molar-refractivity contribution in [3.05, 3.63) is 41.7 Å². The van der Waals surface area contributed by atoms with Crippen LogP contribution in [-0.2, 0) is 7.05 Å². The van der Waals surface area contributed by atoms with E-state index in [1.165, 1.54) is 5.56 Å². The molecule has 2 aromatic rings. The van der Waals surface area contributed by atoms with Gasteiger partial charge in [0.1, 0.15) is 0 Å². The first kappa shape index (κ1) is 25.3.